The van der Waals surface area contributed by atoms with Gasteiger partial charge in [0, 0.05) is 28.8 Å². The van der Waals surface area contributed by atoms with Crippen molar-refractivity contribution in [3.8, 4) is 10.4 Å². The first kappa shape index (κ1) is 27.4. The Morgan fingerprint density at radius 3 is 2.62 bits per heavy atom. The maximum atomic E-state index is 14.3. The molecule has 0 aliphatic carbocycles. The third-order valence-electron chi connectivity index (χ3n) is 6.76. The van der Waals surface area contributed by atoms with E-state index in [1.54, 1.807) is 28.6 Å². The molecule has 202 valence electrons. The lowest BCUT2D eigenvalue weighted by Gasteiger charge is -2.32. The summed E-state index contributed by atoms with van der Waals surface area (Å²) in [4.78, 5) is 29.9. The minimum atomic E-state index is -0.965. The second kappa shape index (κ2) is 11.5. The second-order valence-electron chi connectivity index (χ2n) is 9.71. The van der Waals surface area contributed by atoms with Crippen LogP contribution in [0.15, 0.2) is 60.1 Å². The van der Waals surface area contributed by atoms with Crippen LogP contribution >= 0.6 is 34.3 Å². The van der Waals surface area contributed by atoms with Crippen LogP contribution in [0.2, 0.25) is 5.02 Å². The summed E-state index contributed by atoms with van der Waals surface area (Å²) in [6, 6.07) is 15.7. The zero-order chi connectivity index (χ0) is 27.6. The summed E-state index contributed by atoms with van der Waals surface area (Å²) in [6.45, 7) is 5.77. The first-order chi connectivity index (χ1) is 18.7. The number of morpholine rings is 1. The Morgan fingerprint density at radius 2 is 1.92 bits per heavy atom. The number of thiophene rings is 1. The number of carbonyl (C=O) groups excluding carboxylic acids is 2. The van der Waals surface area contributed by atoms with Gasteiger partial charge in [0.1, 0.15) is 11.3 Å². The van der Waals surface area contributed by atoms with Gasteiger partial charge in [-0.1, -0.05) is 55.0 Å². The van der Waals surface area contributed by atoms with Crippen LogP contribution in [0.1, 0.15) is 40.6 Å². The molecule has 2 amide bonds. The Balaban J connectivity index is 1.46. The van der Waals surface area contributed by atoms with Crippen molar-refractivity contribution in [2.75, 3.05) is 31.6 Å². The number of carbonyl (C=O) groups is 2. The number of rotatable bonds is 7. The van der Waals surface area contributed by atoms with Crippen molar-refractivity contribution < 1.29 is 18.7 Å². The Kier molecular flexibility index (Phi) is 8.08. The van der Waals surface area contributed by atoms with Crippen molar-refractivity contribution in [2.24, 2.45) is 5.41 Å². The van der Waals surface area contributed by atoms with E-state index in [2.05, 4.69) is 15.5 Å². The molecular formula is C28H26ClFN4O3S2. The number of aromatic nitrogens is 2. The average Bonchev–Trinajstić information content (AvgIpc) is 3.61. The molecule has 1 N–H and O–H groups in total. The van der Waals surface area contributed by atoms with Gasteiger partial charge in [0.25, 0.3) is 5.91 Å². The molecule has 0 saturated carbocycles. The molecule has 1 atom stereocenters. The van der Waals surface area contributed by atoms with Gasteiger partial charge >= 0.3 is 0 Å². The SMILES string of the molecule is CC(C)(C(=O)Nc1nncs1)[C@H](c1cccc(F)c1)c1ccc(-c2ccc(C(=O)N3CCOCC3)c(Cl)c2)s1. The monoisotopic (exact) mass is 584 g/mol. The Morgan fingerprint density at radius 1 is 1.13 bits per heavy atom. The molecule has 2 aromatic heterocycles. The molecule has 1 saturated heterocycles. The molecule has 4 aromatic rings. The van der Waals surface area contributed by atoms with Gasteiger partial charge in [-0.25, -0.2) is 4.39 Å². The van der Waals surface area contributed by atoms with E-state index in [1.807, 2.05) is 38.1 Å². The van der Waals surface area contributed by atoms with Crippen LogP contribution in [0, 0.1) is 11.2 Å². The standard InChI is InChI=1S/C28H26ClFN4O3S2/c1-28(2,26(36)32-27-33-31-16-38-27)24(18-4-3-5-19(30)14-18)23-9-8-22(39-23)17-6-7-20(21(29)15-17)25(35)34-10-12-37-13-11-34/h3-9,14-16,24H,10-13H2,1-2H3,(H,32,33,36)/t24-/m1/s1. The summed E-state index contributed by atoms with van der Waals surface area (Å²) in [5.41, 5.74) is 2.57. The van der Waals surface area contributed by atoms with Gasteiger partial charge in [0.05, 0.1) is 29.2 Å². The predicted molar refractivity (Wildman–Crippen MR) is 152 cm³/mol. The highest BCUT2D eigenvalue weighted by Crippen LogP contribution is 2.46. The molecule has 2 aromatic carbocycles. The molecule has 1 fully saturated rings. The fourth-order valence-electron chi connectivity index (χ4n) is 4.68. The van der Waals surface area contributed by atoms with E-state index in [4.69, 9.17) is 16.3 Å². The molecule has 0 unspecified atom stereocenters. The number of ether oxygens (including phenoxy) is 1. The molecule has 11 heteroatoms. The molecule has 7 nitrogen and oxygen atoms in total. The first-order valence-electron chi connectivity index (χ1n) is 12.3. The van der Waals surface area contributed by atoms with Crippen LogP contribution in [0.25, 0.3) is 10.4 Å². The number of nitrogens with zero attached hydrogens (tertiary/aromatic N) is 3. The number of amides is 2. The normalized spacial score (nSPS) is 14.7. The highest BCUT2D eigenvalue weighted by molar-refractivity contribution is 7.15. The van der Waals surface area contributed by atoms with Crippen molar-refractivity contribution in [3.05, 3.63) is 87.0 Å². The van der Waals surface area contributed by atoms with Crippen molar-refractivity contribution in [1.29, 1.82) is 0 Å². The minimum absolute atomic E-state index is 0.115. The summed E-state index contributed by atoms with van der Waals surface area (Å²) < 4.78 is 19.7. The molecule has 1 aliphatic heterocycles. The van der Waals surface area contributed by atoms with E-state index in [0.717, 1.165) is 15.3 Å². The first-order valence-corrected chi connectivity index (χ1v) is 14.4. The molecule has 39 heavy (non-hydrogen) atoms. The quantitative estimate of drug-likeness (QED) is 0.274. The highest BCUT2D eigenvalue weighted by Gasteiger charge is 2.40. The Labute approximate surface area is 238 Å². The maximum Gasteiger partial charge on any atom is 0.255 e. The molecule has 0 bridgehead atoms. The smallest absolute Gasteiger partial charge is 0.255 e. The summed E-state index contributed by atoms with van der Waals surface area (Å²) in [6.07, 6.45) is 0. The summed E-state index contributed by atoms with van der Waals surface area (Å²) >= 11 is 9.31. The maximum absolute atomic E-state index is 14.3. The lowest BCUT2D eigenvalue weighted by Crippen LogP contribution is -2.40. The van der Waals surface area contributed by atoms with Gasteiger partial charge in [0.15, 0.2) is 0 Å². The fourth-order valence-corrected chi connectivity index (χ4v) is 6.70. The van der Waals surface area contributed by atoms with Gasteiger partial charge < -0.3 is 15.0 Å². The van der Waals surface area contributed by atoms with Gasteiger partial charge in [-0.05, 0) is 47.5 Å². The summed E-state index contributed by atoms with van der Waals surface area (Å²) in [5, 5.41) is 11.3. The van der Waals surface area contributed by atoms with Gasteiger partial charge in [0.2, 0.25) is 11.0 Å². The van der Waals surface area contributed by atoms with E-state index in [0.29, 0.717) is 47.6 Å². The molecule has 1 aliphatic rings. The molecular weight excluding hydrogens is 559 g/mol. The zero-order valence-corrected chi connectivity index (χ0v) is 23.7. The second-order valence-corrected chi connectivity index (χ2v) is 12.1. The van der Waals surface area contributed by atoms with Crippen LogP contribution in [-0.2, 0) is 9.53 Å². The topological polar surface area (TPSA) is 84.4 Å². The lowest BCUT2D eigenvalue weighted by atomic mass is 9.73. The van der Waals surface area contributed by atoms with E-state index in [1.165, 1.54) is 34.8 Å². The summed E-state index contributed by atoms with van der Waals surface area (Å²) in [5.74, 6) is -1.19. The molecule has 5 rings (SSSR count). The predicted octanol–water partition coefficient (Wildman–Crippen LogP) is 6.33. The van der Waals surface area contributed by atoms with E-state index >= 15 is 0 Å². The van der Waals surface area contributed by atoms with Crippen LogP contribution in [0.3, 0.4) is 0 Å². The van der Waals surface area contributed by atoms with Gasteiger partial charge in [-0.3, -0.25) is 9.59 Å². The van der Waals surface area contributed by atoms with Crippen LogP contribution < -0.4 is 5.32 Å². The van der Waals surface area contributed by atoms with Crippen LogP contribution in [0.4, 0.5) is 9.52 Å². The van der Waals surface area contributed by atoms with E-state index < -0.39 is 11.3 Å². The largest absolute Gasteiger partial charge is 0.378 e. The molecule has 0 radical (unpaired) electrons. The van der Waals surface area contributed by atoms with Gasteiger partial charge in [-0.2, -0.15) is 0 Å². The third-order valence-corrected chi connectivity index (χ3v) is 8.88. The summed E-state index contributed by atoms with van der Waals surface area (Å²) in [7, 11) is 0. The number of hydrogen-bond donors (Lipinski definition) is 1. The number of halogens is 2. The van der Waals surface area contributed by atoms with Crippen LogP contribution in [-0.4, -0.2) is 53.2 Å². The third kappa shape index (κ3) is 5.89. The van der Waals surface area contributed by atoms with Crippen molar-refractivity contribution >= 4 is 51.2 Å². The lowest BCUT2D eigenvalue weighted by molar-refractivity contribution is -0.124. The number of benzene rings is 2. The van der Waals surface area contributed by atoms with Crippen molar-refractivity contribution in [3.63, 3.8) is 0 Å². The van der Waals surface area contributed by atoms with Gasteiger partial charge in [-0.15, -0.1) is 21.5 Å². The number of anilines is 1. The molecule has 3 heterocycles. The van der Waals surface area contributed by atoms with E-state index in [-0.39, 0.29) is 17.6 Å². The van der Waals surface area contributed by atoms with Crippen molar-refractivity contribution in [1.82, 2.24) is 15.1 Å². The Bertz CT molecular complexity index is 1490. The number of hydrogen-bond acceptors (Lipinski definition) is 7. The fraction of sp³-hybridized carbons (Fsp3) is 0.286. The average molecular weight is 585 g/mol. The highest BCUT2D eigenvalue weighted by atomic mass is 35.5. The molecule has 0 spiro atoms. The zero-order valence-electron chi connectivity index (χ0n) is 21.3. The van der Waals surface area contributed by atoms with E-state index in [9.17, 15) is 14.0 Å². The number of nitrogens with one attached hydrogen (secondary N) is 1. The Hall–Kier alpha value is -3.18. The minimum Gasteiger partial charge on any atom is -0.378 e. The van der Waals surface area contributed by atoms with Crippen molar-refractivity contribution in [2.45, 2.75) is 19.8 Å². The van der Waals surface area contributed by atoms with Crippen LogP contribution in [0.5, 0.6) is 0 Å².